The number of anilines is 1. The molecule has 3 aliphatic rings. The lowest BCUT2D eigenvalue weighted by Crippen LogP contribution is -2.53. The molecule has 1 amide bonds. The SMILES string of the molecule is CC1(C)CCCc2cc(Cl)cc(N(C=O)C3CCN4CCCC3C4)c2O1. The Kier molecular flexibility index (Phi) is 4.91. The Morgan fingerprint density at radius 2 is 2.12 bits per heavy atom. The van der Waals surface area contributed by atoms with E-state index >= 15 is 0 Å². The number of halogens is 1. The van der Waals surface area contributed by atoms with Gasteiger partial charge in [-0.25, -0.2) is 0 Å². The molecule has 1 aromatic carbocycles. The van der Waals surface area contributed by atoms with Crippen LogP contribution in [0.5, 0.6) is 5.75 Å². The fourth-order valence-corrected chi connectivity index (χ4v) is 5.24. The molecule has 3 heterocycles. The summed E-state index contributed by atoms with van der Waals surface area (Å²) in [5, 5.41) is 0.690. The highest BCUT2D eigenvalue weighted by Gasteiger charge is 2.37. The summed E-state index contributed by atoms with van der Waals surface area (Å²) in [5.74, 6) is 1.40. The number of nitrogens with zero attached hydrogens (tertiary/aromatic N) is 2. The van der Waals surface area contributed by atoms with Crippen molar-refractivity contribution in [3.63, 3.8) is 0 Å². The molecule has 0 aliphatic carbocycles. The largest absolute Gasteiger partial charge is 0.485 e. The molecule has 26 heavy (non-hydrogen) atoms. The van der Waals surface area contributed by atoms with E-state index in [1.165, 1.54) is 19.4 Å². The number of fused-ring (bicyclic) bond motifs is 3. The van der Waals surface area contributed by atoms with E-state index in [0.717, 1.165) is 62.2 Å². The van der Waals surface area contributed by atoms with E-state index in [2.05, 4.69) is 18.7 Å². The number of piperidine rings is 2. The molecule has 3 atom stereocenters. The first-order valence-electron chi connectivity index (χ1n) is 9.94. The van der Waals surface area contributed by atoms with Gasteiger partial charge in [0, 0.05) is 24.2 Å². The second-order valence-corrected chi connectivity index (χ2v) is 9.14. The van der Waals surface area contributed by atoms with Crippen molar-refractivity contribution in [1.29, 1.82) is 0 Å². The molecule has 0 aromatic heterocycles. The summed E-state index contributed by atoms with van der Waals surface area (Å²) in [7, 11) is 0. The third-order valence-corrected chi connectivity index (χ3v) is 6.51. The number of ether oxygens (including phenoxy) is 1. The van der Waals surface area contributed by atoms with Crippen LogP contribution in [0.1, 0.15) is 51.5 Å². The van der Waals surface area contributed by atoms with Crippen LogP contribution in [0.3, 0.4) is 0 Å². The van der Waals surface area contributed by atoms with E-state index in [4.69, 9.17) is 16.3 Å². The summed E-state index contributed by atoms with van der Waals surface area (Å²) < 4.78 is 6.44. The summed E-state index contributed by atoms with van der Waals surface area (Å²) >= 11 is 6.44. The monoisotopic (exact) mass is 376 g/mol. The van der Waals surface area contributed by atoms with E-state index in [1.54, 1.807) is 0 Å². The summed E-state index contributed by atoms with van der Waals surface area (Å²) in [5.41, 5.74) is 1.77. The maximum atomic E-state index is 12.2. The van der Waals surface area contributed by atoms with Crippen LogP contribution in [0, 0.1) is 5.92 Å². The number of carbonyl (C=O) groups is 1. The van der Waals surface area contributed by atoms with Crippen molar-refractivity contribution in [3.05, 3.63) is 22.7 Å². The molecule has 0 radical (unpaired) electrons. The molecule has 0 spiro atoms. The molecule has 0 N–H and O–H groups in total. The quantitative estimate of drug-likeness (QED) is 0.738. The van der Waals surface area contributed by atoms with Crippen molar-refractivity contribution in [2.24, 2.45) is 5.92 Å². The third-order valence-electron chi connectivity index (χ3n) is 6.29. The van der Waals surface area contributed by atoms with Gasteiger partial charge in [0.25, 0.3) is 0 Å². The van der Waals surface area contributed by atoms with Crippen molar-refractivity contribution in [3.8, 4) is 5.75 Å². The minimum Gasteiger partial charge on any atom is -0.485 e. The summed E-state index contributed by atoms with van der Waals surface area (Å²) in [6.45, 7) is 7.63. The summed E-state index contributed by atoms with van der Waals surface area (Å²) in [6, 6.07) is 4.17. The molecular weight excluding hydrogens is 348 g/mol. The molecule has 1 aromatic rings. The Hall–Kier alpha value is -1.26. The van der Waals surface area contributed by atoms with Gasteiger partial charge in [0.15, 0.2) is 0 Å². The molecule has 5 heteroatoms. The number of rotatable bonds is 3. The van der Waals surface area contributed by atoms with Crippen LogP contribution in [0.25, 0.3) is 0 Å². The Bertz CT molecular complexity index is 691. The van der Waals surface area contributed by atoms with Gasteiger partial charge in [-0.05, 0) is 82.5 Å². The first-order chi connectivity index (χ1) is 12.5. The standard InChI is InChI=1S/C21H29ClN2O2/c1-21(2)8-3-5-15-11-17(22)12-19(20(15)26-21)24(14-25)18-7-10-23-9-4-6-16(18)13-23/h11-12,14,16,18H,3-10,13H2,1-2H3. The van der Waals surface area contributed by atoms with Crippen LogP contribution in [0.2, 0.25) is 5.02 Å². The first kappa shape index (κ1) is 18.1. The van der Waals surface area contributed by atoms with Gasteiger partial charge in [-0.3, -0.25) is 4.79 Å². The number of aryl methyl sites for hydroxylation is 1. The molecule has 2 bridgehead atoms. The highest BCUT2D eigenvalue weighted by molar-refractivity contribution is 6.31. The van der Waals surface area contributed by atoms with Gasteiger partial charge in [-0.1, -0.05) is 11.6 Å². The Labute approximate surface area is 161 Å². The maximum Gasteiger partial charge on any atom is 0.214 e. The van der Waals surface area contributed by atoms with Crippen LogP contribution in [-0.4, -0.2) is 42.6 Å². The van der Waals surface area contributed by atoms with Crippen LogP contribution >= 0.6 is 11.6 Å². The molecular formula is C21H29ClN2O2. The summed E-state index contributed by atoms with van der Waals surface area (Å²) in [4.78, 5) is 16.7. The van der Waals surface area contributed by atoms with Gasteiger partial charge in [0.1, 0.15) is 11.4 Å². The normalized spacial score (nSPS) is 29.9. The highest BCUT2D eigenvalue weighted by Crippen LogP contribution is 2.43. The van der Waals surface area contributed by atoms with Crippen molar-refractivity contribution >= 4 is 23.7 Å². The number of benzene rings is 1. The van der Waals surface area contributed by atoms with E-state index in [1.807, 2.05) is 17.0 Å². The molecule has 3 unspecified atom stereocenters. The molecule has 3 aliphatic heterocycles. The van der Waals surface area contributed by atoms with Gasteiger partial charge in [0.05, 0.1) is 5.69 Å². The van der Waals surface area contributed by atoms with Gasteiger partial charge >= 0.3 is 0 Å². The smallest absolute Gasteiger partial charge is 0.214 e. The van der Waals surface area contributed by atoms with E-state index < -0.39 is 0 Å². The molecule has 4 rings (SSSR count). The first-order valence-corrected chi connectivity index (χ1v) is 10.3. The van der Waals surface area contributed by atoms with Gasteiger partial charge in [-0.15, -0.1) is 0 Å². The predicted octanol–water partition coefficient (Wildman–Crippen LogP) is 4.28. The van der Waals surface area contributed by atoms with E-state index in [0.29, 0.717) is 10.9 Å². The highest BCUT2D eigenvalue weighted by atomic mass is 35.5. The molecule has 2 saturated heterocycles. The summed E-state index contributed by atoms with van der Waals surface area (Å²) in [6.07, 6.45) is 7.46. The van der Waals surface area contributed by atoms with Crippen LogP contribution < -0.4 is 9.64 Å². The number of hydrogen-bond donors (Lipinski definition) is 0. The average molecular weight is 377 g/mol. The molecule has 0 saturated carbocycles. The van der Waals surface area contributed by atoms with Gasteiger partial charge in [-0.2, -0.15) is 0 Å². The van der Waals surface area contributed by atoms with E-state index in [-0.39, 0.29) is 11.6 Å². The van der Waals surface area contributed by atoms with Crippen molar-refractivity contribution in [2.75, 3.05) is 24.5 Å². The zero-order chi connectivity index (χ0) is 18.3. The van der Waals surface area contributed by atoms with Gasteiger partial charge < -0.3 is 14.5 Å². The third kappa shape index (κ3) is 3.46. The Morgan fingerprint density at radius 1 is 1.27 bits per heavy atom. The maximum absolute atomic E-state index is 12.2. The lowest BCUT2D eigenvalue weighted by Gasteiger charge is -2.46. The van der Waals surface area contributed by atoms with Crippen LogP contribution in [0.15, 0.2) is 12.1 Å². The minimum atomic E-state index is -0.226. The van der Waals surface area contributed by atoms with Crippen molar-refractivity contribution in [2.45, 2.75) is 64.0 Å². The molecule has 2 fully saturated rings. The van der Waals surface area contributed by atoms with E-state index in [9.17, 15) is 4.79 Å². The van der Waals surface area contributed by atoms with Crippen molar-refractivity contribution in [1.82, 2.24) is 4.90 Å². The Morgan fingerprint density at radius 3 is 2.92 bits per heavy atom. The Balaban J connectivity index is 1.73. The van der Waals surface area contributed by atoms with Gasteiger partial charge in [0.2, 0.25) is 6.41 Å². The number of hydrogen-bond acceptors (Lipinski definition) is 3. The average Bonchev–Trinajstić information content (AvgIpc) is 2.75. The van der Waals surface area contributed by atoms with Crippen LogP contribution in [0.4, 0.5) is 5.69 Å². The van der Waals surface area contributed by atoms with Crippen LogP contribution in [-0.2, 0) is 11.2 Å². The minimum absolute atomic E-state index is 0.226. The lowest BCUT2D eigenvalue weighted by atomic mass is 9.84. The second kappa shape index (κ2) is 7.05. The van der Waals surface area contributed by atoms with Crippen molar-refractivity contribution < 1.29 is 9.53 Å². The number of amides is 1. The topological polar surface area (TPSA) is 32.8 Å². The lowest BCUT2D eigenvalue weighted by molar-refractivity contribution is -0.108. The predicted molar refractivity (Wildman–Crippen MR) is 105 cm³/mol. The zero-order valence-corrected chi connectivity index (χ0v) is 16.6. The fourth-order valence-electron chi connectivity index (χ4n) is 5.00. The second-order valence-electron chi connectivity index (χ2n) is 8.70. The zero-order valence-electron chi connectivity index (χ0n) is 15.8. The molecule has 142 valence electrons. The number of carbonyl (C=O) groups excluding carboxylic acids is 1. The fraction of sp³-hybridized carbons (Fsp3) is 0.667. The molecule has 4 nitrogen and oxygen atoms in total.